The number of amides is 1. The van der Waals surface area contributed by atoms with Gasteiger partial charge in [0.2, 0.25) is 15.9 Å². The van der Waals surface area contributed by atoms with Gasteiger partial charge in [-0.3, -0.25) is 4.79 Å². The number of benzene rings is 2. The van der Waals surface area contributed by atoms with Crippen LogP contribution in [-0.2, 0) is 21.2 Å². The van der Waals surface area contributed by atoms with E-state index in [9.17, 15) is 13.2 Å². The number of fused-ring (bicyclic) bond motifs is 1. The normalized spacial score (nSPS) is 16.4. The molecule has 0 aromatic heterocycles. The molecule has 0 spiro atoms. The Bertz CT molecular complexity index is 943. The van der Waals surface area contributed by atoms with Gasteiger partial charge in [-0.05, 0) is 47.7 Å². The van der Waals surface area contributed by atoms with E-state index in [0.29, 0.717) is 5.02 Å². The first-order valence-electron chi connectivity index (χ1n) is 8.73. The maximum absolute atomic E-state index is 12.2. The Balaban J connectivity index is 1.47. The van der Waals surface area contributed by atoms with Crippen molar-refractivity contribution >= 4 is 33.6 Å². The molecule has 0 saturated heterocycles. The second-order valence-corrected chi connectivity index (χ2v) is 8.49. The zero-order valence-corrected chi connectivity index (χ0v) is 16.3. The molecule has 0 bridgehead atoms. The highest BCUT2D eigenvalue weighted by Crippen LogP contribution is 2.32. The molecule has 1 atom stereocenters. The monoisotopic (exact) mass is 404 g/mol. The largest absolute Gasteiger partial charge is 0.349 e. The zero-order valence-electron chi connectivity index (χ0n) is 14.7. The van der Waals surface area contributed by atoms with Crippen molar-refractivity contribution in [1.82, 2.24) is 10.0 Å². The van der Waals surface area contributed by atoms with Crippen LogP contribution in [0.15, 0.2) is 53.9 Å². The van der Waals surface area contributed by atoms with Gasteiger partial charge >= 0.3 is 0 Å². The summed E-state index contributed by atoms with van der Waals surface area (Å²) < 4.78 is 26.4. The van der Waals surface area contributed by atoms with Crippen LogP contribution in [0.1, 0.15) is 35.6 Å². The van der Waals surface area contributed by atoms with E-state index >= 15 is 0 Å². The molecule has 7 heteroatoms. The van der Waals surface area contributed by atoms with Crippen LogP contribution in [0.2, 0.25) is 5.02 Å². The Morgan fingerprint density at radius 3 is 2.74 bits per heavy atom. The van der Waals surface area contributed by atoms with Gasteiger partial charge < -0.3 is 5.32 Å². The van der Waals surface area contributed by atoms with Gasteiger partial charge in [-0.2, -0.15) is 0 Å². The van der Waals surface area contributed by atoms with Gasteiger partial charge in [0, 0.05) is 23.4 Å². The van der Waals surface area contributed by atoms with E-state index in [-0.39, 0.29) is 24.9 Å². The van der Waals surface area contributed by atoms with Crippen molar-refractivity contribution in [3.8, 4) is 0 Å². The summed E-state index contributed by atoms with van der Waals surface area (Å²) in [6.07, 6.45) is 3.30. The number of halogens is 1. The highest BCUT2D eigenvalue weighted by molar-refractivity contribution is 7.92. The lowest BCUT2D eigenvalue weighted by Gasteiger charge is -2.14. The van der Waals surface area contributed by atoms with E-state index < -0.39 is 10.0 Å². The number of hydrogen-bond acceptors (Lipinski definition) is 3. The molecule has 27 heavy (non-hydrogen) atoms. The summed E-state index contributed by atoms with van der Waals surface area (Å²) in [7, 11) is -3.58. The molecular weight excluding hydrogens is 384 g/mol. The van der Waals surface area contributed by atoms with Crippen molar-refractivity contribution < 1.29 is 13.2 Å². The van der Waals surface area contributed by atoms with E-state index in [1.807, 2.05) is 48.5 Å². The van der Waals surface area contributed by atoms with Crippen molar-refractivity contribution in [3.63, 3.8) is 0 Å². The van der Waals surface area contributed by atoms with Crippen LogP contribution in [0, 0.1) is 0 Å². The lowest BCUT2D eigenvalue weighted by Crippen LogP contribution is -2.31. The average molecular weight is 405 g/mol. The number of carbonyl (C=O) groups is 1. The maximum atomic E-state index is 12.2. The van der Waals surface area contributed by atoms with Crippen molar-refractivity contribution in [2.24, 2.45) is 0 Å². The van der Waals surface area contributed by atoms with Gasteiger partial charge in [-0.1, -0.05) is 48.0 Å². The van der Waals surface area contributed by atoms with Gasteiger partial charge in [0.25, 0.3) is 0 Å². The second kappa shape index (κ2) is 8.69. The zero-order chi connectivity index (χ0) is 19.3. The van der Waals surface area contributed by atoms with Gasteiger partial charge in [0.1, 0.15) is 0 Å². The Morgan fingerprint density at radius 2 is 1.96 bits per heavy atom. The lowest BCUT2D eigenvalue weighted by molar-refractivity contribution is -0.121. The summed E-state index contributed by atoms with van der Waals surface area (Å²) in [5.41, 5.74) is 3.03. The molecule has 2 N–H and O–H groups in total. The van der Waals surface area contributed by atoms with Crippen LogP contribution in [0.5, 0.6) is 0 Å². The molecule has 142 valence electrons. The Morgan fingerprint density at radius 1 is 1.19 bits per heavy atom. The van der Waals surface area contributed by atoms with Gasteiger partial charge in [0.15, 0.2) is 0 Å². The summed E-state index contributed by atoms with van der Waals surface area (Å²) in [6, 6.07) is 14.8. The number of carbonyl (C=O) groups excluding carboxylic acids is 1. The first-order chi connectivity index (χ1) is 12.9. The fourth-order valence-corrected chi connectivity index (χ4v) is 4.10. The summed E-state index contributed by atoms with van der Waals surface area (Å²) >= 11 is 5.99. The minimum Gasteiger partial charge on any atom is -0.349 e. The van der Waals surface area contributed by atoms with E-state index in [0.717, 1.165) is 34.9 Å². The fourth-order valence-electron chi connectivity index (χ4n) is 3.09. The molecule has 5 nitrogen and oxygen atoms in total. The van der Waals surface area contributed by atoms with Gasteiger partial charge in [-0.25, -0.2) is 13.1 Å². The molecule has 0 heterocycles. The summed E-state index contributed by atoms with van der Waals surface area (Å²) in [5.74, 6) is -0.183. The van der Waals surface area contributed by atoms with E-state index in [4.69, 9.17) is 11.6 Å². The lowest BCUT2D eigenvalue weighted by atomic mass is 10.1. The molecule has 1 aliphatic rings. The topological polar surface area (TPSA) is 75.3 Å². The molecular formula is C20H21ClN2O3S. The minimum atomic E-state index is -3.58. The molecule has 2 aromatic rings. The third kappa shape index (κ3) is 5.66. The van der Waals surface area contributed by atoms with Crippen LogP contribution >= 0.6 is 11.6 Å². The van der Waals surface area contributed by atoms with Crippen molar-refractivity contribution in [1.29, 1.82) is 0 Å². The van der Waals surface area contributed by atoms with Crippen molar-refractivity contribution in [2.75, 3.05) is 6.54 Å². The number of aryl methyl sites for hydroxylation is 1. The quantitative estimate of drug-likeness (QED) is 0.742. The van der Waals surface area contributed by atoms with Gasteiger partial charge in [-0.15, -0.1) is 0 Å². The molecule has 0 aliphatic heterocycles. The fraction of sp³-hybridized carbons (Fsp3) is 0.250. The molecule has 1 unspecified atom stereocenters. The van der Waals surface area contributed by atoms with Gasteiger partial charge in [0.05, 0.1) is 6.04 Å². The summed E-state index contributed by atoms with van der Waals surface area (Å²) in [6.45, 7) is 0.0491. The van der Waals surface area contributed by atoms with Crippen LogP contribution in [0.3, 0.4) is 0 Å². The van der Waals surface area contributed by atoms with Crippen LogP contribution in [0.4, 0.5) is 0 Å². The smallest absolute Gasteiger partial charge is 0.233 e. The van der Waals surface area contributed by atoms with Crippen molar-refractivity contribution in [3.05, 3.63) is 75.7 Å². The number of sulfonamides is 1. The summed E-state index contributed by atoms with van der Waals surface area (Å²) in [5, 5.41) is 4.77. The SMILES string of the molecule is O=C(CCNS(=O)(=O)/C=C/c1ccccc1)NC1CCc2cc(Cl)ccc21. The van der Waals surface area contributed by atoms with E-state index in [2.05, 4.69) is 10.0 Å². The number of nitrogens with one attached hydrogen (secondary N) is 2. The molecule has 0 saturated carbocycles. The first kappa shape index (κ1) is 19.6. The Kier molecular flexibility index (Phi) is 6.31. The standard InChI is InChI=1S/C20H21ClN2O3S/c21-17-7-8-18-16(14-17)6-9-19(18)23-20(24)10-12-22-27(25,26)13-11-15-4-2-1-3-5-15/h1-5,7-8,11,13-14,19,22H,6,9-10,12H2,(H,23,24)/b13-11+. The molecule has 2 aromatic carbocycles. The van der Waals surface area contributed by atoms with E-state index in [1.54, 1.807) is 0 Å². The maximum Gasteiger partial charge on any atom is 0.233 e. The van der Waals surface area contributed by atoms with Crippen LogP contribution in [-0.4, -0.2) is 20.9 Å². The van der Waals surface area contributed by atoms with Crippen molar-refractivity contribution in [2.45, 2.75) is 25.3 Å². The average Bonchev–Trinajstić information content (AvgIpc) is 3.02. The van der Waals surface area contributed by atoms with Crippen LogP contribution < -0.4 is 10.0 Å². The Hall–Kier alpha value is -2.15. The molecule has 1 amide bonds. The molecule has 0 radical (unpaired) electrons. The minimum absolute atomic E-state index is 0.0423. The third-order valence-electron chi connectivity index (χ3n) is 4.41. The van der Waals surface area contributed by atoms with Crippen LogP contribution in [0.25, 0.3) is 6.08 Å². The predicted octanol–water partition coefficient (Wildman–Crippen LogP) is 3.42. The number of hydrogen-bond donors (Lipinski definition) is 2. The third-order valence-corrected chi connectivity index (χ3v) is 5.75. The highest BCUT2D eigenvalue weighted by Gasteiger charge is 2.23. The molecule has 3 rings (SSSR count). The second-order valence-electron chi connectivity index (χ2n) is 6.40. The molecule has 1 aliphatic carbocycles. The number of rotatable bonds is 7. The predicted molar refractivity (Wildman–Crippen MR) is 108 cm³/mol. The summed E-state index contributed by atoms with van der Waals surface area (Å²) in [4.78, 5) is 12.2. The highest BCUT2D eigenvalue weighted by atomic mass is 35.5. The Labute approximate surface area is 164 Å². The first-order valence-corrected chi connectivity index (χ1v) is 10.7. The van der Waals surface area contributed by atoms with E-state index in [1.165, 1.54) is 6.08 Å². The molecule has 0 fully saturated rings.